The highest BCUT2D eigenvalue weighted by molar-refractivity contribution is 7.15. The van der Waals surface area contributed by atoms with E-state index in [9.17, 15) is 9.59 Å². The van der Waals surface area contributed by atoms with E-state index in [1.54, 1.807) is 20.8 Å². The normalized spacial score (nSPS) is 11.1. The van der Waals surface area contributed by atoms with Gasteiger partial charge in [0.2, 0.25) is 16.9 Å². The van der Waals surface area contributed by atoms with Crippen LogP contribution in [0.5, 0.6) is 0 Å². The third-order valence-corrected chi connectivity index (χ3v) is 3.09. The van der Waals surface area contributed by atoms with Gasteiger partial charge in [-0.2, -0.15) is 0 Å². The van der Waals surface area contributed by atoms with Crippen molar-refractivity contribution in [2.24, 2.45) is 5.41 Å². The zero-order valence-electron chi connectivity index (χ0n) is 11.0. The molecule has 1 aromatic rings. The predicted octanol–water partition coefficient (Wildman–Crippen LogP) is 1.20. The van der Waals surface area contributed by atoms with Crippen molar-refractivity contribution in [2.45, 2.75) is 34.1 Å². The van der Waals surface area contributed by atoms with Crippen molar-refractivity contribution in [2.75, 3.05) is 11.9 Å². The molecule has 2 N–H and O–H groups in total. The number of amides is 2. The lowest BCUT2D eigenvalue weighted by atomic mass is 9.96. The summed E-state index contributed by atoms with van der Waals surface area (Å²) < 4.78 is 0. The molecular weight excluding hydrogens is 252 g/mol. The summed E-state index contributed by atoms with van der Waals surface area (Å²) in [5, 5.41) is 14.2. The van der Waals surface area contributed by atoms with Gasteiger partial charge in [0.15, 0.2) is 0 Å². The summed E-state index contributed by atoms with van der Waals surface area (Å²) in [6, 6.07) is 0. The van der Waals surface area contributed by atoms with Crippen molar-refractivity contribution >= 4 is 28.3 Å². The zero-order valence-corrected chi connectivity index (χ0v) is 11.8. The maximum absolute atomic E-state index is 11.6. The molecule has 1 aromatic heterocycles. The summed E-state index contributed by atoms with van der Waals surface area (Å²) >= 11 is 1.33. The molecule has 0 saturated carbocycles. The molecule has 0 saturated heterocycles. The summed E-state index contributed by atoms with van der Waals surface area (Å²) in [5.41, 5.74) is -0.502. The van der Waals surface area contributed by atoms with Crippen molar-refractivity contribution in [1.82, 2.24) is 15.5 Å². The molecule has 6 nitrogen and oxygen atoms in total. The van der Waals surface area contributed by atoms with Crippen LogP contribution in [0.3, 0.4) is 0 Å². The Morgan fingerprint density at radius 1 is 1.28 bits per heavy atom. The molecule has 0 aromatic carbocycles. The van der Waals surface area contributed by atoms with Crippen LogP contribution in [0.15, 0.2) is 0 Å². The van der Waals surface area contributed by atoms with Crippen LogP contribution in [0, 0.1) is 5.41 Å². The second-order valence-electron chi connectivity index (χ2n) is 4.84. The van der Waals surface area contributed by atoms with Gasteiger partial charge >= 0.3 is 0 Å². The third kappa shape index (κ3) is 4.40. The van der Waals surface area contributed by atoms with Crippen LogP contribution in [-0.2, 0) is 16.0 Å². The number of carbonyl (C=O) groups is 2. The molecule has 100 valence electrons. The fourth-order valence-electron chi connectivity index (χ4n) is 1.04. The number of aryl methyl sites for hydroxylation is 1. The molecule has 0 aliphatic carbocycles. The molecule has 2 amide bonds. The Balaban J connectivity index is 2.40. The van der Waals surface area contributed by atoms with Crippen LogP contribution in [0.25, 0.3) is 0 Å². The van der Waals surface area contributed by atoms with Crippen molar-refractivity contribution < 1.29 is 9.59 Å². The van der Waals surface area contributed by atoms with Gasteiger partial charge in [0.05, 0.1) is 6.54 Å². The molecule has 18 heavy (non-hydrogen) atoms. The van der Waals surface area contributed by atoms with Crippen LogP contribution in [0.1, 0.15) is 32.7 Å². The van der Waals surface area contributed by atoms with E-state index in [-0.39, 0.29) is 18.4 Å². The SMILES string of the molecule is CCc1nnc(NC(=O)CNC(=O)C(C)(C)C)s1. The smallest absolute Gasteiger partial charge is 0.245 e. The Morgan fingerprint density at radius 3 is 2.44 bits per heavy atom. The molecule has 0 fully saturated rings. The Bertz CT molecular complexity index is 436. The second-order valence-corrected chi connectivity index (χ2v) is 5.90. The summed E-state index contributed by atoms with van der Waals surface area (Å²) in [5.74, 6) is -0.462. The Hall–Kier alpha value is -1.50. The minimum absolute atomic E-state index is 0.0584. The van der Waals surface area contributed by atoms with Crippen molar-refractivity contribution in [3.63, 3.8) is 0 Å². The highest BCUT2D eigenvalue weighted by Gasteiger charge is 2.21. The molecule has 1 heterocycles. The lowest BCUT2D eigenvalue weighted by Gasteiger charge is -2.16. The van der Waals surface area contributed by atoms with E-state index in [0.29, 0.717) is 5.13 Å². The van der Waals surface area contributed by atoms with Gasteiger partial charge in [0.25, 0.3) is 0 Å². The fraction of sp³-hybridized carbons (Fsp3) is 0.636. The highest BCUT2D eigenvalue weighted by atomic mass is 32.1. The first-order chi connectivity index (χ1) is 8.32. The molecule has 0 spiro atoms. The number of anilines is 1. The van der Waals surface area contributed by atoms with Gasteiger partial charge < -0.3 is 5.32 Å². The monoisotopic (exact) mass is 270 g/mol. The predicted molar refractivity (Wildman–Crippen MR) is 70.4 cm³/mol. The van der Waals surface area contributed by atoms with E-state index in [4.69, 9.17) is 0 Å². The van der Waals surface area contributed by atoms with Gasteiger partial charge in [-0.3, -0.25) is 14.9 Å². The molecule has 0 aliphatic heterocycles. The summed E-state index contributed by atoms with van der Waals surface area (Å²) in [7, 11) is 0. The number of hydrogen-bond acceptors (Lipinski definition) is 5. The van der Waals surface area contributed by atoms with Gasteiger partial charge in [0, 0.05) is 5.41 Å². The first-order valence-electron chi connectivity index (χ1n) is 5.73. The number of aromatic nitrogens is 2. The Kier molecular flexibility index (Phi) is 4.77. The lowest BCUT2D eigenvalue weighted by molar-refractivity contribution is -0.130. The van der Waals surface area contributed by atoms with Crippen LogP contribution < -0.4 is 10.6 Å². The third-order valence-electron chi connectivity index (χ3n) is 2.11. The van der Waals surface area contributed by atoms with Crippen LogP contribution in [0.2, 0.25) is 0 Å². The van der Waals surface area contributed by atoms with E-state index in [2.05, 4.69) is 20.8 Å². The lowest BCUT2D eigenvalue weighted by Crippen LogP contribution is -2.39. The summed E-state index contributed by atoms with van der Waals surface area (Å²) in [4.78, 5) is 23.1. The standard InChI is InChI=1S/C11H18N4O2S/c1-5-8-14-15-10(18-8)13-7(16)6-12-9(17)11(2,3)4/h5-6H2,1-4H3,(H,12,17)(H,13,15,16). The van der Waals surface area contributed by atoms with E-state index in [0.717, 1.165) is 11.4 Å². The summed E-state index contributed by atoms with van der Waals surface area (Å²) in [6.45, 7) is 7.28. The van der Waals surface area contributed by atoms with Gasteiger partial charge in [-0.25, -0.2) is 0 Å². The quantitative estimate of drug-likeness (QED) is 0.861. The Morgan fingerprint density at radius 2 is 1.94 bits per heavy atom. The van der Waals surface area contributed by atoms with E-state index >= 15 is 0 Å². The molecule has 0 radical (unpaired) electrons. The largest absolute Gasteiger partial charge is 0.347 e. The number of nitrogens with one attached hydrogen (secondary N) is 2. The van der Waals surface area contributed by atoms with Crippen LogP contribution >= 0.6 is 11.3 Å². The minimum atomic E-state index is -0.502. The molecule has 1 rings (SSSR count). The molecule has 0 atom stereocenters. The topological polar surface area (TPSA) is 84.0 Å². The average molecular weight is 270 g/mol. The van der Waals surface area contributed by atoms with Gasteiger partial charge in [0.1, 0.15) is 5.01 Å². The van der Waals surface area contributed by atoms with Crippen molar-refractivity contribution in [1.29, 1.82) is 0 Å². The number of rotatable bonds is 4. The number of carbonyl (C=O) groups excluding carboxylic acids is 2. The maximum atomic E-state index is 11.6. The highest BCUT2D eigenvalue weighted by Crippen LogP contribution is 2.15. The Labute approximate surface area is 110 Å². The molecule has 7 heteroatoms. The molecule has 0 aliphatic rings. The number of hydrogen-bond donors (Lipinski definition) is 2. The second kappa shape index (κ2) is 5.90. The van der Waals surface area contributed by atoms with Crippen LogP contribution in [-0.4, -0.2) is 28.6 Å². The van der Waals surface area contributed by atoms with E-state index < -0.39 is 5.41 Å². The maximum Gasteiger partial charge on any atom is 0.245 e. The van der Waals surface area contributed by atoms with E-state index in [1.807, 2.05) is 6.92 Å². The molecule has 0 bridgehead atoms. The van der Waals surface area contributed by atoms with E-state index in [1.165, 1.54) is 11.3 Å². The average Bonchev–Trinajstić information content (AvgIpc) is 2.72. The van der Waals surface area contributed by atoms with Crippen molar-refractivity contribution in [3.8, 4) is 0 Å². The molecular formula is C11H18N4O2S. The number of nitrogens with zero attached hydrogens (tertiary/aromatic N) is 2. The van der Waals surface area contributed by atoms with Crippen molar-refractivity contribution in [3.05, 3.63) is 5.01 Å². The van der Waals surface area contributed by atoms with Gasteiger partial charge in [-0.1, -0.05) is 39.0 Å². The van der Waals surface area contributed by atoms with Gasteiger partial charge in [-0.15, -0.1) is 10.2 Å². The first-order valence-corrected chi connectivity index (χ1v) is 6.55. The summed E-state index contributed by atoms with van der Waals surface area (Å²) in [6.07, 6.45) is 0.786. The first kappa shape index (κ1) is 14.6. The molecule has 0 unspecified atom stereocenters. The fourth-order valence-corrected chi connectivity index (χ4v) is 1.73. The van der Waals surface area contributed by atoms with Gasteiger partial charge in [-0.05, 0) is 6.42 Å². The van der Waals surface area contributed by atoms with Crippen LogP contribution in [0.4, 0.5) is 5.13 Å². The zero-order chi connectivity index (χ0) is 13.8. The minimum Gasteiger partial charge on any atom is -0.347 e.